The Balaban J connectivity index is 2.42. The minimum absolute atomic E-state index is 0.208. The molecular weight excluding hydrogens is 180 g/mol. The maximum atomic E-state index is 10.9. The molecule has 0 spiro atoms. The van der Waals surface area contributed by atoms with E-state index in [4.69, 9.17) is 0 Å². The average molecular weight is 189 g/mol. The van der Waals surface area contributed by atoms with Crippen molar-refractivity contribution in [3.05, 3.63) is 35.2 Å². The van der Waals surface area contributed by atoms with Crippen LogP contribution in [0.3, 0.4) is 0 Å². The second-order valence-electron chi connectivity index (χ2n) is 3.09. The third kappa shape index (κ3) is 1.78. The van der Waals surface area contributed by atoms with Gasteiger partial charge in [0.2, 0.25) is 0 Å². The Morgan fingerprint density at radius 3 is 3.15 bits per heavy atom. The summed E-state index contributed by atoms with van der Waals surface area (Å²) in [5, 5.41) is 3.08. The van der Waals surface area contributed by atoms with Gasteiger partial charge in [-0.1, -0.05) is 12.1 Å². The van der Waals surface area contributed by atoms with Crippen molar-refractivity contribution < 1.29 is 4.79 Å². The molecule has 1 aromatic carbocycles. The molecule has 1 aromatic heterocycles. The molecule has 0 saturated carbocycles. The van der Waals surface area contributed by atoms with E-state index in [9.17, 15) is 4.79 Å². The molecule has 2 aromatic rings. The molecule has 1 nitrogen and oxygen atoms in total. The molecule has 1 heterocycles. The molecule has 0 unspecified atom stereocenters. The van der Waals surface area contributed by atoms with Crippen molar-refractivity contribution in [3.63, 3.8) is 0 Å². The van der Waals surface area contributed by atoms with E-state index in [2.05, 4.69) is 12.1 Å². The lowest BCUT2D eigenvalue weighted by Crippen LogP contribution is -1.95. The van der Waals surface area contributed by atoms with Crippen LogP contribution in [-0.2, 0) is 11.2 Å². The van der Waals surface area contributed by atoms with Crippen LogP contribution >= 0.6 is 11.3 Å². The van der Waals surface area contributed by atoms with Gasteiger partial charge >= 0.3 is 0 Å². The SMILES string of the molecule is CC(=O)Cc1ccc2[c]csc2c1. The van der Waals surface area contributed by atoms with Gasteiger partial charge in [-0.15, -0.1) is 11.3 Å². The Labute approximate surface area is 81.0 Å². The molecule has 0 aliphatic rings. The minimum Gasteiger partial charge on any atom is -0.300 e. The highest BCUT2D eigenvalue weighted by Crippen LogP contribution is 2.21. The van der Waals surface area contributed by atoms with Gasteiger partial charge in [-0.25, -0.2) is 0 Å². The van der Waals surface area contributed by atoms with E-state index in [1.807, 2.05) is 17.5 Å². The Bertz CT molecular complexity index is 442. The number of hydrogen-bond acceptors (Lipinski definition) is 2. The van der Waals surface area contributed by atoms with Gasteiger partial charge in [0.1, 0.15) is 5.78 Å². The molecule has 0 N–H and O–H groups in total. The first-order valence-electron chi connectivity index (χ1n) is 4.13. The molecule has 0 saturated heterocycles. The smallest absolute Gasteiger partial charge is 0.134 e. The fourth-order valence-electron chi connectivity index (χ4n) is 1.34. The van der Waals surface area contributed by atoms with Crippen LogP contribution in [0.15, 0.2) is 23.6 Å². The van der Waals surface area contributed by atoms with Gasteiger partial charge in [0.15, 0.2) is 0 Å². The van der Waals surface area contributed by atoms with Gasteiger partial charge in [0.05, 0.1) is 0 Å². The maximum absolute atomic E-state index is 10.9. The zero-order chi connectivity index (χ0) is 9.26. The molecule has 0 aliphatic heterocycles. The summed E-state index contributed by atoms with van der Waals surface area (Å²) >= 11 is 1.66. The summed E-state index contributed by atoms with van der Waals surface area (Å²) in [5.74, 6) is 0.208. The number of rotatable bonds is 2. The predicted octanol–water partition coefficient (Wildman–Crippen LogP) is 2.83. The number of carbonyl (C=O) groups excluding carboxylic acids is 1. The minimum atomic E-state index is 0.208. The van der Waals surface area contributed by atoms with Crippen LogP contribution in [0.5, 0.6) is 0 Å². The lowest BCUT2D eigenvalue weighted by molar-refractivity contribution is -0.116. The van der Waals surface area contributed by atoms with Crippen LogP contribution in [0.2, 0.25) is 0 Å². The third-order valence-corrected chi connectivity index (χ3v) is 2.73. The summed E-state index contributed by atoms with van der Waals surface area (Å²) in [6, 6.07) is 9.21. The summed E-state index contributed by atoms with van der Waals surface area (Å²) in [6.45, 7) is 1.62. The van der Waals surface area contributed by atoms with Gasteiger partial charge in [0, 0.05) is 22.6 Å². The third-order valence-electron chi connectivity index (χ3n) is 1.90. The van der Waals surface area contributed by atoms with Gasteiger partial charge < -0.3 is 0 Å². The molecule has 0 atom stereocenters. The first-order chi connectivity index (χ1) is 6.25. The molecule has 1 radical (unpaired) electrons. The fourth-order valence-corrected chi connectivity index (χ4v) is 2.12. The molecule has 2 heteroatoms. The Hall–Kier alpha value is -1.15. The summed E-state index contributed by atoms with van der Waals surface area (Å²) < 4.78 is 1.21. The predicted molar refractivity (Wildman–Crippen MR) is 55.0 cm³/mol. The second-order valence-corrected chi connectivity index (χ2v) is 4.00. The van der Waals surface area contributed by atoms with Crippen molar-refractivity contribution in [3.8, 4) is 0 Å². The number of thiophene rings is 1. The lowest BCUT2D eigenvalue weighted by atomic mass is 10.1. The molecule has 0 bridgehead atoms. The summed E-state index contributed by atoms with van der Waals surface area (Å²) in [7, 11) is 0. The monoisotopic (exact) mass is 189 g/mol. The number of Topliss-reactive ketones (excluding diaryl/α,β-unsaturated/α-hetero) is 1. The molecule has 0 fully saturated rings. The first-order valence-corrected chi connectivity index (χ1v) is 5.01. The summed E-state index contributed by atoms with van der Waals surface area (Å²) in [4.78, 5) is 10.9. The van der Waals surface area contributed by atoms with Crippen molar-refractivity contribution >= 4 is 27.2 Å². The fraction of sp³-hybridized carbons (Fsp3) is 0.182. The largest absolute Gasteiger partial charge is 0.300 e. The van der Waals surface area contributed by atoms with Gasteiger partial charge in [-0.3, -0.25) is 4.79 Å². The van der Waals surface area contributed by atoms with E-state index in [0.717, 1.165) is 10.9 Å². The first kappa shape index (κ1) is 8.45. The highest BCUT2D eigenvalue weighted by molar-refractivity contribution is 7.17. The van der Waals surface area contributed by atoms with E-state index in [0.29, 0.717) is 6.42 Å². The number of benzene rings is 1. The topological polar surface area (TPSA) is 17.1 Å². The van der Waals surface area contributed by atoms with Crippen LogP contribution in [0, 0.1) is 6.07 Å². The number of ketones is 1. The Kier molecular flexibility index (Phi) is 2.15. The van der Waals surface area contributed by atoms with Crippen LogP contribution in [0.25, 0.3) is 10.1 Å². The number of hydrogen-bond donors (Lipinski definition) is 0. The lowest BCUT2D eigenvalue weighted by Gasteiger charge is -1.96. The quantitative estimate of drug-likeness (QED) is 0.710. The van der Waals surface area contributed by atoms with E-state index in [1.165, 1.54) is 4.70 Å². The van der Waals surface area contributed by atoms with Gasteiger partial charge in [-0.05, 0) is 23.9 Å². The van der Waals surface area contributed by atoms with Crippen molar-refractivity contribution in [1.29, 1.82) is 0 Å². The van der Waals surface area contributed by atoms with Gasteiger partial charge in [-0.2, -0.15) is 0 Å². The Morgan fingerprint density at radius 2 is 2.38 bits per heavy atom. The second kappa shape index (κ2) is 3.30. The highest BCUT2D eigenvalue weighted by Gasteiger charge is 2.00. The van der Waals surface area contributed by atoms with E-state index in [1.54, 1.807) is 18.3 Å². The highest BCUT2D eigenvalue weighted by atomic mass is 32.1. The van der Waals surface area contributed by atoms with E-state index >= 15 is 0 Å². The molecule has 65 valence electrons. The number of fused-ring (bicyclic) bond motifs is 1. The molecule has 2 rings (SSSR count). The van der Waals surface area contributed by atoms with Crippen molar-refractivity contribution in [1.82, 2.24) is 0 Å². The van der Waals surface area contributed by atoms with Crippen molar-refractivity contribution in [2.75, 3.05) is 0 Å². The zero-order valence-electron chi connectivity index (χ0n) is 7.33. The van der Waals surface area contributed by atoms with Crippen molar-refractivity contribution in [2.45, 2.75) is 13.3 Å². The molecular formula is C11H9OS. The summed E-state index contributed by atoms with van der Waals surface area (Å²) in [6.07, 6.45) is 0.536. The maximum Gasteiger partial charge on any atom is 0.134 e. The van der Waals surface area contributed by atoms with Crippen molar-refractivity contribution in [2.24, 2.45) is 0 Å². The number of carbonyl (C=O) groups is 1. The standard InChI is InChI=1S/C11H9OS/c1-8(12)6-9-2-3-10-4-5-13-11(10)7-9/h2-3,5,7H,6H2,1H3. The van der Waals surface area contributed by atoms with Gasteiger partial charge in [0.25, 0.3) is 0 Å². The molecule has 13 heavy (non-hydrogen) atoms. The summed E-state index contributed by atoms with van der Waals surface area (Å²) in [5.41, 5.74) is 1.09. The molecule has 0 aliphatic carbocycles. The van der Waals surface area contributed by atoms with Crippen LogP contribution in [0.1, 0.15) is 12.5 Å². The van der Waals surface area contributed by atoms with Crippen LogP contribution in [0.4, 0.5) is 0 Å². The average Bonchev–Trinajstić information content (AvgIpc) is 2.49. The Morgan fingerprint density at radius 1 is 1.54 bits per heavy atom. The molecule has 0 amide bonds. The van der Waals surface area contributed by atoms with Crippen LogP contribution in [-0.4, -0.2) is 5.78 Å². The van der Waals surface area contributed by atoms with E-state index in [-0.39, 0.29) is 5.78 Å². The zero-order valence-corrected chi connectivity index (χ0v) is 8.15. The van der Waals surface area contributed by atoms with Crippen LogP contribution < -0.4 is 0 Å². The van der Waals surface area contributed by atoms with E-state index < -0.39 is 0 Å². The normalized spacial score (nSPS) is 10.5.